The summed E-state index contributed by atoms with van der Waals surface area (Å²) in [5.41, 5.74) is 0. The standard InChI is InChI=1S/C8H17OSi.ClH.Cu/c1-7-9-10(5,6)8(2,3)4;;/h1H2,2-6H3;1H;/q;;+1/p-1. The molecule has 0 aromatic carbocycles. The molecule has 77 valence electrons. The van der Waals surface area contributed by atoms with Crippen molar-refractivity contribution in [2.45, 2.75) is 38.9 Å². The number of halogens is 1. The van der Waals surface area contributed by atoms with E-state index in [0.29, 0.717) is 0 Å². The molecule has 0 aromatic rings. The van der Waals surface area contributed by atoms with Crippen molar-refractivity contribution >= 4 is 8.32 Å². The molecule has 0 heterocycles. The van der Waals surface area contributed by atoms with Crippen LogP contribution in [0.2, 0.25) is 18.1 Å². The summed E-state index contributed by atoms with van der Waals surface area (Å²) in [6.45, 7) is 14.4. The molecule has 0 aromatic heterocycles. The Kier molecular flexibility index (Phi) is 9.32. The monoisotopic (exact) mass is 255 g/mol. The van der Waals surface area contributed by atoms with E-state index in [1.54, 1.807) is 0 Å². The molecular weight excluding hydrogens is 239 g/mol. The van der Waals surface area contributed by atoms with E-state index in [2.05, 4.69) is 46.7 Å². The molecule has 1 radical (unpaired) electrons. The van der Waals surface area contributed by atoms with Gasteiger partial charge in [0.05, 0.1) is 0 Å². The van der Waals surface area contributed by atoms with E-state index < -0.39 is 8.32 Å². The van der Waals surface area contributed by atoms with Gasteiger partial charge in [-0.1, -0.05) is 27.4 Å². The van der Waals surface area contributed by atoms with E-state index in [4.69, 9.17) is 4.43 Å². The third-order valence-electron chi connectivity index (χ3n) is 2.13. The maximum atomic E-state index is 5.37. The molecule has 0 spiro atoms. The summed E-state index contributed by atoms with van der Waals surface area (Å²) >= 11 is 0. The molecule has 1 nitrogen and oxygen atoms in total. The van der Waals surface area contributed by atoms with E-state index in [-0.39, 0.29) is 34.5 Å². The minimum absolute atomic E-state index is 0. The van der Waals surface area contributed by atoms with Crippen molar-refractivity contribution < 1.29 is 33.9 Å². The number of rotatable bonds is 2. The molecule has 0 unspecified atom stereocenters. The zero-order valence-electron chi connectivity index (χ0n) is 8.29. The molecule has 0 amide bonds. The molecule has 0 saturated heterocycles. The van der Waals surface area contributed by atoms with Gasteiger partial charge in [-0.2, -0.15) is 0 Å². The minimum Gasteiger partial charge on any atom is -1.00 e. The van der Waals surface area contributed by atoms with Gasteiger partial charge < -0.3 is 16.8 Å². The zero-order valence-corrected chi connectivity index (χ0v) is 11.0. The van der Waals surface area contributed by atoms with Crippen molar-refractivity contribution in [1.29, 1.82) is 0 Å². The van der Waals surface area contributed by atoms with E-state index in [0.717, 1.165) is 0 Å². The molecule has 0 bridgehead atoms. The Balaban J connectivity index is -0.000000405. The van der Waals surface area contributed by atoms with Crippen molar-refractivity contribution in [2.24, 2.45) is 0 Å². The molecule has 0 fully saturated rings. The average molecular weight is 256 g/mol. The molecule has 4 heteroatoms. The summed E-state index contributed by atoms with van der Waals surface area (Å²) < 4.78 is 5.37. The molecule has 0 saturated carbocycles. The second kappa shape index (κ2) is 6.09. The van der Waals surface area contributed by atoms with Gasteiger partial charge in [-0.05, 0) is 18.1 Å². The Morgan fingerprint density at radius 3 is 1.67 bits per heavy atom. The van der Waals surface area contributed by atoms with E-state index in [9.17, 15) is 0 Å². The normalized spacial score (nSPS) is 10.8. The van der Waals surface area contributed by atoms with Crippen LogP contribution in [0.25, 0.3) is 0 Å². The largest absolute Gasteiger partial charge is 1.00 e. The summed E-state index contributed by atoms with van der Waals surface area (Å²) in [5.74, 6) is 0. The van der Waals surface area contributed by atoms with Crippen LogP contribution < -0.4 is 12.4 Å². The van der Waals surface area contributed by atoms with E-state index in [1.165, 1.54) is 0 Å². The molecule has 0 aliphatic rings. The Bertz CT molecular complexity index is 132. The third-order valence-corrected chi connectivity index (χ3v) is 6.40. The van der Waals surface area contributed by atoms with Crippen LogP contribution in [0.1, 0.15) is 20.8 Å². The van der Waals surface area contributed by atoms with Crippen LogP contribution >= 0.6 is 0 Å². The van der Waals surface area contributed by atoms with Gasteiger partial charge in [-0.15, -0.1) is 0 Å². The fraction of sp³-hybridized carbons (Fsp3) is 0.750. The SMILES string of the molecule is C=[C]O[Si](C)(C)C(C)(C)C.[Cl-].[Cu+]. The Morgan fingerprint density at radius 2 is 1.58 bits per heavy atom. The summed E-state index contributed by atoms with van der Waals surface area (Å²) in [7, 11) is -1.58. The van der Waals surface area contributed by atoms with Crippen molar-refractivity contribution in [3.63, 3.8) is 0 Å². The fourth-order valence-electron chi connectivity index (χ4n) is 0.334. The van der Waals surface area contributed by atoms with Gasteiger partial charge in [0.25, 0.3) is 8.32 Å². The zero-order chi connectivity index (χ0) is 8.41. The van der Waals surface area contributed by atoms with Crippen LogP contribution in [0.5, 0.6) is 0 Å². The van der Waals surface area contributed by atoms with Crippen molar-refractivity contribution in [2.75, 3.05) is 0 Å². The predicted molar refractivity (Wildman–Crippen MR) is 47.2 cm³/mol. The van der Waals surface area contributed by atoms with Gasteiger partial charge in [-0.25, -0.2) is 0 Å². The Labute approximate surface area is 94.0 Å². The van der Waals surface area contributed by atoms with Gasteiger partial charge >= 0.3 is 17.1 Å². The summed E-state index contributed by atoms with van der Waals surface area (Å²) in [5, 5.41) is 0.262. The first-order valence-corrected chi connectivity index (χ1v) is 6.42. The quantitative estimate of drug-likeness (QED) is 0.497. The van der Waals surface area contributed by atoms with Crippen LogP contribution in [0.15, 0.2) is 6.58 Å². The average Bonchev–Trinajstić information content (AvgIpc) is 1.61. The molecule has 0 rings (SSSR count). The minimum atomic E-state index is -1.58. The Morgan fingerprint density at radius 1 is 1.25 bits per heavy atom. The molecule has 0 aliphatic heterocycles. The molecular formula is C8H17ClCuOSi. The molecule has 0 aliphatic carbocycles. The first-order chi connectivity index (χ1) is 4.31. The van der Waals surface area contributed by atoms with Crippen LogP contribution in [-0.4, -0.2) is 8.32 Å². The van der Waals surface area contributed by atoms with Gasteiger partial charge in [-0.3, -0.25) is 0 Å². The van der Waals surface area contributed by atoms with Gasteiger partial charge in [0, 0.05) is 0 Å². The summed E-state index contributed by atoms with van der Waals surface area (Å²) in [6.07, 6.45) is 2.53. The van der Waals surface area contributed by atoms with Crippen LogP contribution in [0.3, 0.4) is 0 Å². The second-order valence-electron chi connectivity index (χ2n) is 4.01. The molecule has 12 heavy (non-hydrogen) atoms. The first kappa shape index (κ1) is 18.4. The smallest absolute Gasteiger partial charge is 1.00 e. The van der Waals surface area contributed by atoms with Crippen LogP contribution in [0.4, 0.5) is 0 Å². The van der Waals surface area contributed by atoms with Crippen molar-refractivity contribution in [3.05, 3.63) is 12.8 Å². The maximum absolute atomic E-state index is 5.37. The number of hydrogen-bond donors (Lipinski definition) is 0. The summed E-state index contributed by atoms with van der Waals surface area (Å²) in [6, 6.07) is 0. The maximum Gasteiger partial charge on any atom is 1.00 e. The second-order valence-corrected chi connectivity index (χ2v) is 8.73. The summed E-state index contributed by atoms with van der Waals surface area (Å²) in [4.78, 5) is 0. The van der Waals surface area contributed by atoms with Gasteiger partial charge in [0.2, 0.25) is 0 Å². The van der Waals surface area contributed by atoms with E-state index in [1.807, 2.05) is 0 Å². The molecule has 0 N–H and O–H groups in total. The van der Waals surface area contributed by atoms with Gasteiger partial charge in [0.15, 0.2) is 0 Å². The van der Waals surface area contributed by atoms with Crippen LogP contribution in [0, 0.1) is 6.26 Å². The number of hydrogen-bond acceptors (Lipinski definition) is 1. The predicted octanol–water partition coefficient (Wildman–Crippen LogP) is -0.0436. The third kappa shape index (κ3) is 5.25. The first-order valence-electron chi connectivity index (χ1n) is 3.51. The van der Waals surface area contributed by atoms with Gasteiger partial charge in [0.1, 0.15) is 6.26 Å². The molecule has 0 atom stereocenters. The topological polar surface area (TPSA) is 9.23 Å². The Hall–Kier alpha value is 0.566. The van der Waals surface area contributed by atoms with Crippen molar-refractivity contribution in [3.8, 4) is 0 Å². The van der Waals surface area contributed by atoms with Crippen LogP contribution in [-0.2, 0) is 21.5 Å². The van der Waals surface area contributed by atoms with Crippen molar-refractivity contribution in [1.82, 2.24) is 0 Å². The van der Waals surface area contributed by atoms with E-state index >= 15 is 0 Å². The fourth-order valence-corrected chi connectivity index (χ4v) is 1.00.